The largest absolute Gasteiger partial charge is 0.396 e. The van der Waals surface area contributed by atoms with E-state index in [1.54, 1.807) is 0 Å². The SMILES string of the molecule is CC1(C)[C@H]2CC[C@@H](CO)[C@H]1C2. The Morgan fingerprint density at radius 1 is 1.36 bits per heavy atom. The summed E-state index contributed by atoms with van der Waals surface area (Å²) >= 11 is 0. The number of fused-ring (bicyclic) bond motifs is 2. The van der Waals surface area contributed by atoms with E-state index >= 15 is 0 Å². The molecule has 1 heteroatoms. The minimum atomic E-state index is 0.417. The lowest BCUT2D eigenvalue weighted by Crippen LogP contribution is -2.53. The normalized spacial score (nSPS) is 46.6. The summed E-state index contributed by atoms with van der Waals surface area (Å²) in [7, 11) is 0. The molecule has 0 unspecified atom stereocenters. The van der Waals surface area contributed by atoms with Gasteiger partial charge < -0.3 is 5.11 Å². The Hall–Kier alpha value is -0.0400. The summed E-state index contributed by atoms with van der Waals surface area (Å²) < 4.78 is 0. The molecule has 0 saturated heterocycles. The van der Waals surface area contributed by atoms with Crippen molar-refractivity contribution >= 4 is 0 Å². The molecule has 3 saturated carbocycles. The zero-order valence-corrected chi connectivity index (χ0v) is 7.51. The Labute approximate surface area is 68.8 Å². The van der Waals surface area contributed by atoms with Crippen LogP contribution in [0.5, 0.6) is 0 Å². The summed E-state index contributed by atoms with van der Waals surface area (Å²) in [5.41, 5.74) is 0.547. The standard InChI is InChI=1S/C10H18O/c1-10(2)8-4-3-7(6-11)9(10)5-8/h7-9,11H,3-6H2,1-2H3/t7-,8-,9+/m0/s1. The molecular weight excluding hydrogens is 136 g/mol. The summed E-state index contributed by atoms with van der Waals surface area (Å²) in [6.45, 7) is 5.15. The molecule has 0 aromatic carbocycles. The van der Waals surface area contributed by atoms with Gasteiger partial charge in [0.15, 0.2) is 0 Å². The minimum absolute atomic E-state index is 0.417. The van der Waals surface area contributed by atoms with E-state index in [0.29, 0.717) is 17.9 Å². The van der Waals surface area contributed by atoms with Crippen molar-refractivity contribution in [3.63, 3.8) is 0 Å². The summed E-state index contributed by atoms with van der Waals surface area (Å²) in [6.07, 6.45) is 4.02. The van der Waals surface area contributed by atoms with E-state index in [9.17, 15) is 0 Å². The van der Waals surface area contributed by atoms with Crippen LogP contribution in [-0.4, -0.2) is 11.7 Å². The van der Waals surface area contributed by atoms with Crippen molar-refractivity contribution in [2.75, 3.05) is 6.61 Å². The molecule has 2 bridgehead atoms. The van der Waals surface area contributed by atoms with Gasteiger partial charge in [-0.2, -0.15) is 0 Å². The predicted molar refractivity (Wildman–Crippen MR) is 45.2 cm³/mol. The second-order valence-corrected chi connectivity index (χ2v) is 4.88. The maximum Gasteiger partial charge on any atom is 0.0462 e. The third-order valence-electron chi connectivity index (χ3n) is 4.24. The Morgan fingerprint density at radius 2 is 2.09 bits per heavy atom. The molecule has 0 aromatic heterocycles. The first-order valence-corrected chi connectivity index (χ1v) is 4.77. The van der Waals surface area contributed by atoms with E-state index in [-0.39, 0.29) is 0 Å². The highest BCUT2D eigenvalue weighted by Crippen LogP contribution is 2.61. The molecule has 0 radical (unpaired) electrons. The van der Waals surface area contributed by atoms with Gasteiger partial charge in [-0.25, -0.2) is 0 Å². The van der Waals surface area contributed by atoms with Crippen LogP contribution < -0.4 is 0 Å². The molecular formula is C10H18O. The summed E-state index contributed by atoms with van der Waals surface area (Å²) in [5.74, 6) is 2.41. The van der Waals surface area contributed by atoms with Gasteiger partial charge in [0.05, 0.1) is 0 Å². The number of aliphatic hydroxyl groups is 1. The lowest BCUT2D eigenvalue weighted by atomic mass is 9.46. The molecule has 1 nitrogen and oxygen atoms in total. The van der Waals surface area contributed by atoms with Crippen LogP contribution >= 0.6 is 0 Å². The molecule has 0 spiro atoms. The maximum absolute atomic E-state index is 9.12. The van der Waals surface area contributed by atoms with Gasteiger partial charge in [0.1, 0.15) is 0 Å². The fourth-order valence-corrected chi connectivity index (χ4v) is 3.18. The number of hydrogen-bond acceptors (Lipinski definition) is 1. The third-order valence-corrected chi connectivity index (χ3v) is 4.24. The van der Waals surface area contributed by atoms with Crippen LogP contribution in [0.3, 0.4) is 0 Å². The van der Waals surface area contributed by atoms with E-state index in [4.69, 9.17) is 5.11 Å². The average molecular weight is 154 g/mol. The smallest absolute Gasteiger partial charge is 0.0462 e. The van der Waals surface area contributed by atoms with Crippen LogP contribution in [0.1, 0.15) is 33.1 Å². The van der Waals surface area contributed by atoms with E-state index in [1.165, 1.54) is 19.3 Å². The monoisotopic (exact) mass is 154 g/mol. The highest BCUT2D eigenvalue weighted by molar-refractivity contribution is 5.02. The van der Waals surface area contributed by atoms with Gasteiger partial charge in [0, 0.05) is 6.61 Å². The molecule has 1 N–H and O–H groups in total. The highest BCUT2D eigenvalue weighted by atomic mass is 16.3. The molecule has 0 amide bonds. The quantitative estimate of drug-likeness (QED) is 0.613. The van der Waals surface area contributed by atoms with Crippen molar-refractivity contribution in [2.45, 2.75) is 33.1 Å². The van der Waals surface area contributed by atoms with Gasteiger partial charge in [-0.05, 0) is 42.4 Å². The second-order valence-electron chi connectivity index (χ2n) is 4.88. The van der Waals surface area contributed by atoms with Crippen LogP contribution in [0.25, 0.3) is 0 Å². The van der Waals surface area contributed by atoms with Gasteiger partial charge >= 0.3 is 0 Å². The molecule has 64 valence electrons. The van der Waals surface area contributed by atoms with Gasteiger partial charge in [0.2, 0.25) is 0 Å². The first-order chi connectivity index (χ1) is 5.16. The van der Waals surface area contributed by atoms with E-state index in [1.807, 2.05) is 0 Å². The third kappa shape index (κ3) is 0.868. The van der Waals surface area contributed by atoms with Crippen molar-refractivity contribution < 1.29 is 5.11 Å². The first kappa shape index (κ1) is 7.60. The first-order valence-electron chi connectivity index (χ1n) is 4.77. The van der Waals surface area contributed by atoms with Gasteiger partial charge in [-0.15, -0.1) is 0 Å². The number of rotatable bonds is 1. The molecule has 3 aliphatic carbocycles. The maximum atomic E-state index is 9.12. The zero-order chi connectivity index (χ0) is 8.06. The van der Waals surface area contributed by atoms with Crippen LogP contribution in [0, 0.1) is 23.2 Å². The number of hydrogen-bond donors (Lipinski definition) is 1. The Kier molecular flexibility index (Phi) is 1.54. The van der Waals surface area contributed by atoms with Gasteiger partial charge in [-0.1, -0.05) is 13.8 Å². The van der Waals surface area contributed by atoms with Crippen molar-refractivity contribution in [1.82, 2.24) is 0 Å². The minimum Gasteiger partial charge on any atom is -0.396 e. The highest BCUT2D eigenvalue weighted by Gasteiger charge is 2.53. The lowest BCUT2D eigenvalue weighted by Gasteiger charge is -2.59. The lowest BCUT2D eigenvalue weighted by molar-refractivity contribution is -0.116. The predicted octanol–water partition coefficient (Wildman–Crippen LogP) is 2.05. The Bertz CT molecular complexity index is 160. The van der Waals surface area contributed by atoms with Crippen molar-refractivity contribution in [3.8, 4) is 0 Å². The molecule has 0 aliphatic heterocycles. The molecule has 0 aromatic rings. The van der Waals surface area contributed by atoms with Gasteiger partial charge in [0.25, 0.3) is 0 Å². The van der Waals surface area contributed by atoms with E-state index < -0.39 is 0 Å². The fourth-order valence-electron chi connectivity index (χ4n) is 3.18. The van der Waals surface area contributed by atoms with Crippen LogP contribution in [0.2, 0.25) is 0 Å². The second kappa shape index (κ2) is 2.22. The van der Waals surface area contributed by atoms with Crippen molar-refractivity contribution in [3.05, 3.63) is 0 Å². The zero-order valence-electron chi connectivity index (χ0n) is 7.51. The molecule has 3 aliphatic rings. The van der Waals surface area contributed by atoms with Crippen LogP contribution in [-0.2, 0) is 0 Å². The molecule has 3 atom stereocenters. The van der Waals surface area contributed by atoms with Crippen LogP contribution in [0.4, 0.5) is 0 Å². The summed E-state index contributed by atoms with van der Waals surface area (Å²) in [6, 6.07) is 0. The number of aliphatic hydroxyl groups excluding tert-OH is 1. The molecule has 3 fully saturated rings. The fraction of sp³-hybridized carbons (Fsp3) is 1.00. The molecule has 11 heavy (non-hydrogen) atoms. The van der Waals surface area contributed by atoms with Crippen LogP contribution in [0.15, 0.2) is 0 Å². The van der Waals surface area contributed by atoms with Crippen molar-refractivity contribution in [2.24, 2.45) is 23.2 Å². The van der Waals surface area contributed by atoms with E-state index in [0.717, 1.165) is 11.8 Å². The Morgan fingerprint density at radius 3 is 2.45 bits per heavy atom. The topological polar surface area (TPSA) is 20.2 Å². The summed E-state index contributed by atoms with van der Waals surface area (Å²) in [4.78, 5) is 0. The molecule has 3 rings (SSSR count). The molecule has 0 heterocycles. The van der Waals surface area contributed by atoms with E-state index in [2.05, 4.69) is 13.8 Å². The Balaban J connectivity index is 2.10. The average Bonchev–Trinajstić information content (AvgIpc) is 2.04. The van der Waals surface area contributed by atoms with Crippen molar-refractivity contribution in [1.29, 1.82) is 0 Å². The summed E-state index contributed by atoms with van der Waals surface area (Å²) in [5, 5.41) is 9.12. The van der Waals surface area contributed by atoms with Gasteiger partial charge in [-0.3, -0.25) is 0 Å².